The molecule has 0 radical (unpaired) electrons. The van der Waals surface area contributed by atoms with E-state index < -0.39 is 12.2 Å². The Morgan fingerprint density at radius 1 is 1.50 bits per heavy atom. The van der Waals surface area contributed by atoms with Crippen LogP contribution < -0.4 is 5.32 Å². The lowest BCUT2D eigenvalue weighted by Crippen LogP contribution is -2.40. The SMILES string of the molecule is CNC(CCC1CCCO1)C(F)(F)F. The molecule has 1 aliphatic rings. The molecular formula is C9H16F3NO. The largest absolute Gasteiger partial charge is 0.403 e. The molecule has 84 valence electrons. The predicted octanol–water partition coefficient (Wildman–Crippen LogP) is 2.10. The zero-order chi connectivity index (χ0) is 10.6. The fourth-order valence-electron chi connectivity index (χ4n) is 1.70. The highest BCUT2D eigenvalue weighted by atomic mass is 19.4. The van der Waals surface area contributed by atoms with E-state index >= 15 is 0 Å². The molecule has 14 heavy (non-hydrogen) atoms. The molecule has 0 aliphatic carbocycles. The van der Waals surface area contributed by atoms with E-state index in [0.717, 1.165) is 12.8 Å². The summed E-state index contributed by atoms with van der Waals surface area (Å²) in [4.78, 5) is 0. The maximum Gasteiger partial charge on any atom is 0.403 e. The van der Waals surface area contributed by atoms with Gasteiger partial charge in [-0.25, -0.2) is 0 Å². The molecule has 5 heteroatoms. The summed E-state index contributed by atoms with van der Waals surface area (Å²) in [6, 6.07) is -1.40. The van der Waals surface area contributed by atoms with Gasteiger partial charge < -0.3 is 10.1 Å². The van der Waals surface area contributed by atoms with Crippen molar-refractivity contribution in [3.63, 3.8) is 0 Å². The Kier molecular flexibility index (Phi) is 4.19. The fraction of sp³-hybridized carbons (Fsp3) is 1.00. The van der Waals surface area contributed by atoms with Crippen LogP contribution in [0.4, 0.5) is 13.2 Å². The zero-order valence-electron chi connectivity index (χ0n) is 8.23. The molecule has 1 N–H and O–H groups in total. The molecule has 1 saturated heterocycles. The third kappa shape index (κ3) is 3.46. The Morgan fingerprint density at radius 2 is 2.21 bits per heavy atom. The third-order valence-electron chi connectivity index (χ3n) is 2.54. The number of nitrogens with one attached hydrogen (secondary N) is 1. The molecule has 1 heterocycles. The molecule has 0 bridgehead atoms. The van der Waals surface area contributed by atoms with Gasteiger partial charge in [0, 0.05) is 6.61 Å². The average Bonchev–Trinajstić information content (AvgIpc) is 2.55. The first-order chi connectivity index (χ1) is 6.54. The Bertz CT molecular complexity index is 166. The topological polar surface area (TPSA) is 21.3 Å². The minimum absolute atomic E-state index is 0.0354. The second-order valence-electron chi connectivity index (χ2n) is 3.60. The highest BCUT2D eigenvalue weighted by Crippen LogP contribution is 2.25. The van der Waals surface area contributed by atoms with Crippen molar-refractivity contribution in [1.82, 2.24) is 5.32 Å². The van der Waals surface area contributed by atoms with E-state index in [0.29, 0.717) is 13.0 Å². The summed E-state index contributed by atoms with van der Waals surface area (Å²) in [5.41, 5.74) is 0. The van der Waals surface area contributed by atoms with Gasteiger partial charge in [-0.3, -0.25) is 0 Å². The van der Waals surface area contributed by atoms with Crippen LogP contribution in [0.1, 0.15) is 25.7 Å². The second-order valence-corrected chi connectivity index (χ2v) is 3.60. The maximum absolute atomic E-state index is 12.3. The predicted molar refractivity (Wildman–Crippen MR) is 47.1 cm³/mol. The summed E-state index contributed by atoms with van der Waals surface area (Å²) >= 11 is 0. The number of hydrogen-bond donors (Lipinski definition) is 1. The quantitative estimate of drug-likeness (QED) is 0.768. The van der Waals surface area contributed by atoms with E-state index in [-0.39, 0.29) is 12.5 Å². The third-order valence-corrected chi connectivity index (χ3v) is 2.54. The number of rotatable bonds is 4. The zero-order valence-corrected chi connectivity index (χ0v) is 8.23. The number of alkyl halides is 3. The van der Waals surface area contributed by atoms with E-state index in [2.05, 4.69) is 5.32 Å². The lowest BCUT2D eigenvalue weighted by Gasteiger charge is -2.20. The van der Waals surface area contributed by atoms with Crippen molar-refractivity contribution in [2.24, 2.45) is 0 Å². The van der Waals surface area contributed by atoms with Crippen molar-refractivity contribution in [1.29, 1.82) is 0 Å². The highest BCUT2D eigenvalue weighted by Gasteiger charge is 2.38. The Morgan fingerprint density at radius 3 is 2.64 bits per heavy atom. The Balaban J connectivity index is 2.26. The van der Waals surface area contributed by atoms with Crippen molar-refractivity contribution >= 4 is 0 Å². The molecule has 1 aliphatic heterocycles. The lowest BCUT2D eigenvalue weighted by atomic mass is 10.1. The van der Waals surface area contributed by atoms with E-state index in [1.54, 1.807) is 0 Å². The smallest absolute Gasteiger partial charge is 0.378 e. The van der Waals surface area contributed by atoms with E-state index in [1.165, 1.54) is 7.05 Å². The van der Waals surface area contributed by atoms with Gasteiger partial charge in [-0.05, 0) is 32.7 Å². The van der Waals surface area contributed by atoms with Crippen molar-refractivity contribution in [2.75, 3.05) is 13.7 Å². The summed E-state index contributed by atoms with van der Waals surface area (Å²) in [7, 11) is 1.34. The van der Waals surface area contributed by atoms with Crippen molar-refractivity contribution in [3.05, 3.63) is 0 Å². The van der Waals surface area contributed by atoms with Crippen LogP contribution in [0.5, 0.6) is 0 Å². The van der Waals surface area contributed by atoms with Crippen LogP contribution >= 0.6 is 0 Å². The molecule has 0 aromatic rings. The van der Waals surface area contributed by atoms with Crippen LogP contribution in [-0.2, 0) is 4.74 Å². The van der Waals surface area contributed by atoms with Crippen molar-refractivity contribution in [3.8, 4) is 0 Å². The first-order valence-corrected chi connectivity index (χ1v) is 4.89. The van der Waals surface area contributed by atoms with E-state index in [4.69, 9.17) is 4.74 Å². The van der Waals surface area contributed by atoms with Gasteiger partial charge in [0.1, 0.15) is 6.04 Å². The van der Waals surface area contributed by atoms with Gasteiger partial charge in [-0.1, -0.05) is 0 Å². The normalized spacial score (nSPS) is 25.3. The number of hydrogen-bond acceptors (Lipinski definition) is 2. The summed E-state index contributed by atoms with van der Waals surface area (Å²) in [5.74, 6) is 0. The highest BCUT2D eigenvalue weighted by molar-refractivity contribution is 4.76. The maximum atomic E-state index is 12.3. The van der Waals surface area contributed by atoms with Crippen LogP contribution in [0.15, 0.2) is 0 Å². The summed E-state index contributed by atoms with van der Waals surface area (Å²) < 4.78 is 42.1. The molecule has 1 fully saturated rings. The van der Waals surface area contributed by atoms with Crippen LogP contribution in [0.2, 0.25) is 0 Å². The second kappa shape index (κ2) is 4.98. The Hall–Kier alpha value is -0.290. The number of ether oxygens (including phenoxy) is 1. The molecule has 2 unspecified atom stereocenters. The number of halogens is 3. The van der Waals surface area contributed by atoms with Crippen LogP contribution in [0.3, 0.4) is 0 Å². The van der Waals surface area contributed by atoms with Gasteiger partial charge in [0.2, 0.25) is 0 Å². The van der Waals surface area contributed by atoms with Gasteiger partial charge in [0.05, 0.1) is 6.10 Å². The average molecular weight is 211 g/mol. The molecular weight excluding hydrogens is 195 g/mol. The molecule has 0 amide bonds. The fourth-order valence-corrected chi connectivity index (χ4v) is 1.70. The van der Waals surface area contributed by atoms with Gasteiger partial charge >= 0.3 is 6.18 Å². The standard InChI is InChI=1S/C9H16F3NO/c1-13-8(9(10,11)12)5-4-7-3-2-6-14-7/h7-8,13H,2-6H2,1H3. The first-order valence-electron chi connectivity index (χ1n) is 4.89. The summed E-state index contributed by atoms with van der Waals surface area (Å²) in [6.45, 7) is 0.695. The van der Waals surface area contributed by atoms with Crippen LogP contribution in [0, 0.1) is 0 Å². The van der Waals surface area contributed by atoms with Gasteiger partial charge in [-0.2, -0.15) is 13.2 Å². The first kappa shape index (κ1) is 11.8. The molecule has 2 nitrogen and oxygen atoms in total. The van der Waals surface area contributed by atoms with Crippen molar-refractivity contribution < 1.29 is 17.9 Å². The van der Waals surface area contributed by atoms with Crippen molar-refractivity contribution in [2.45, 2.75) is 44.0 Å². The molecule has 0 aromatic heterocycles. The molecule has 0 aromatic carbocycles. The minimum atomic E-state index is -4.15. The van der Waals surface area contributed by atoms with Gasteiger partial charge in [0.25, 0.3) is 0 Å². The molecule has 0 spiro atoms. The van der Waals surface area contributed by atoms with E-state index in [9.17, 15) is 13.2 Å². The summed E-state index contributed by atoms with van der Waals surface area (Å²) in [6.07, 6.45) is -1.65. The minimum Gasteiger partial charge on any atom is -0.378 e. The van der Waals surface area contributed by atoms with Crippen LogP contribution in [0.25, 0.3) is 0 Å². The van der Waals surface area contributed by atoms with Crippen LogP contribution in [-0.4, -0.2) is 32.0 Å². The van der Waals surface area contributed by atoms with Gasteiger partial charge in [0.15, 0.2) is 0 Å². The monoisotopic (exact) mass is 211 g/mol. The Labute approximate surface area is 81.8 Å². The lowest BCUT2D eigenvalue weighted by molar-refractivity contribution is -0.157. The molecule has 2 atom stereocenters. The van der Waals surface area contributed by atoms with Gasteiger partial charge in [-0.15, -0.1) is 0 Å². The molecule has 0 saturated carbocycles. The van der Waals surface area contributed by atoms with E-state index in [1.807, 2.05) is 0 Å². The summed E-state index contributed by atoms with van der Waals surface area (Å²) in [5, 5.41) is 2.29. The molecule has 1 rings (SSSR count).